The lowest BCUT2D eigenvalue weighted by atomic mass is 10.2. The predicted octanol–water partition coefficient (Wildman–Crippen LogP) is 5.21. The van der Waals surface area contributed by atoms with E-state index in [9.17, 15) is 9.59 Å². The summed E-state index contributed by atoms with van der Waals surface area (Å²) in [6.45, 7) is 6.07. The maximum atomic E-state index is 12.3. The molecule has 0 fully saturated rings. The summed E-state index contributed by atoms with van der Waals surface area (Å²) >= 11 is 12.1. The highest BCUT2D eigenvalue weighted by molar-refractivity contribution is 6.39. The second-order valence-electron chi connectivity index (χ2n) is 6.37. The zero-order valence-electron chi connectivity index (χ0n) is 15.3. The summed E-state index contributed by atoms with van der Waals surface area (Å²) in [5.74, 6) is -0.234. The second kappa shape index (κ2) is 9.62. The first-order chi connectivity index (χ1) is 12.8. The minimum Gasteiger partial charge on any atom is -0.493 e. The molecule has 0 saturated heterocycles. The molecule has 0 spiro atoms. The molecule has 5 nitrogen and oxygen atoms in total. The number of halogens is 2. The Morgan fingerprint density at radius 1 is 1.04 bits per heavy atom. The molecule has 1 atom stereocenters. The standard InChI is InChI=1S/C20H21Cl2NO4/c1-12(2)11-26-15-7-4-6-14(10-15)20(25)27-13(3)19(24)23-18-16(21)8-5-9-17(18)22/h4-10,12-13H,11H2,1-3H3,(H,23,24)/t13-/m0/s1. The lowest BCUT2D eigenvalue weighted by molar-refractivity contribution is -0.123. The Morgan fingerprint density at radius 3 is 2.30 bits per heavy atom. The lowest BCUT2D eigenvalue weighted by Gasteiger charge is -2.15. The van der Waals surface area contributed by atoms with Crippen molar-refractivity contribution in [3.05, 3.63) is 58.1 Å². The number of para-hydroxylation sites is 1. The van der Waals surface area contributed by atoms with Gasteiger partial charge >= 0.3 is 5.97 Å². The van der Waals surface area contributed by atoms with Crippen molar-refractivity contribution in [2.24, 2.45) is 5.92 Å². The van der Waals surface area contributed by atoms with Crippen molar-refractivity contribution in [3.63, 3.8) is 0 Å². The molecule has 0 unspecified atom stereocenters. The summed E-state index contributed by atoms with van der Waals surface area (Å²) in [6.07, 6.45) is -1.04. The molecule has 0 bridgehead atoms. The van der Waals surface area contributed by atoms with Crippen LogP contribution in [0.5, 0.6) is 5.75 Å². The fraction of sp³-hybridized carbons (Fsp3) is 0.300. The average molecular weight is 410 g/mol. The molecule has 2 rings (SSSR count). The van der Waals surface area contributed by atoms with Gasteiger partial charge in [0.25, 0.3) is 5.91 Å². The van der Waals surface area contributed by atoms with E-state index in [0.717, 1.165) is 0 Å². The number of benzene rings is 2. The van der Waals surface area contributed by atoms with Crippen molar-refractivity contribution in [1.82, 2.24) is 0 Å². The number of carbonyl (C=O) groups is 2. The second-order valence-corrected chi connectivity index (χ2v) is 7.18. The van der Waals surface area contributed by atoms with Gasteiger partial charge < -0.3 is 14.8 Å². The molecule has 0 aliphatic carbocycles. The van der Waals surface area contributed by atoms with E-state index >= 15 is 0 Å². The number of anilines is 1. The molecule has 0 radical (unpaired) electrons. The van der Waals surface area contributed by atoms with Gasteiger partial charge in [0, 0.05) is 0 Å². The third-order valence-corrected chi connectivity index (χ3v) is 4.15. The molecule has 2 aromatic carbocycles. The molecule has 0 aromatic heterocycles. The van der Waals surface area contributed by atoms with Crippen LogP contribution in [0.2, 0.25) is 10.0 Å². The first-order valence-corrected chi connectivity index (χ1v) is 9.22. The van der Waals surface area contributed by atoms with Crippen LogP contribution in [-0.2, 0) is 9.53 Å². The van der Waals surface area contributed by atoms with E-state index in [0.29, 0.717) is 33.9 Å². The van der Waals surface area contributed by atoms with Crippen LogP contribution in [0.25, 0.3) is 0 Å². The number of esters is 1. The van der Waals surface area contributed by atoms with Crippen LogP contribution < -0.4 is 10.1 Å². The Balaban J connectivity index is 2.00. The van der Waals surface area contributed by atoms with Gasteiger partial charge in [0.1, 0.15) is 5.75 Å². The monoisotopic (exact) mass is 409 g/mol. The van der Waals surface area contributed by atoms with Crippen molar-refractivity contribution in [1.29, 1.82) is 0 Å². The van der Waals surface area contributed by atoms with Gasteiger partial charge in [-0.25, -0.2) is 4.79 Å². The fourth-order valence-electron chi connectivity index (χ4n) is 2.10. The van der Waals surface area contributed by atoms with Crippen molar-refractivity contribution in [3.8, 4) is 5.75 Å². The number of amides is 1. The van der Waals surface area contributed by atoms with E-state index in [4.69, 9.17) is 32.7 Å². The van der Waals surface area contributed by atoms with Crippen LogP contribution in [0.3, 0.4) is 0 Å². The smallest absolute Gasteiger partial charge is 0.339 e. The van der Waals surface area contributed by atoms with E-state index in [2.05, 4.69) is 5.32 Å². The zero-order chi connectivity index (χ0) is 20.0. The molecule has 1 amide bonds. The van der Waals surface area contributed by atoms with Gasteiger partial charge in [0.15, 0.2) is 6.10 Å². The van der Waals surface area contributed by atoms with E-state index in [1.165, 1.54) is 6.92 Å². The van der Waals surface area contributed by atoms with Gasteiger partial charge in [-0.2, -0.15) is 0 Å². The minimum atomic E-state index is -1.04. The van der Waals surface area contributed by atoms with Crippen molar-refractivity contribution < 1.29 is 19.1 Å². The number of carbonyl (C=O) groups excluding carboxylic acids is 2. The molecule has 0 saturated carbocycles. The van der Waals surface area contributed by atoms with E-state index in [1.54, 1.807) is 42.5 Å². The Labute approximate surface area is 168 Å². The predicted molar refractivity (Wildman–Crippen MR) is 107 cm³/mol. The van der Waals surface area contributed by atoms with Gasteiger partial charge in [-0.3, -0.25) is 4.79 Å². The quantitative estimate of drug-likeness (QED) is 0.637. The van der Waals surface area contributed by atoms with Crippen LogP contribution in [0.1, 0.15) is 31.1 Å². The molecular weight excluding hydrogens is 389 g/mol. The molecular formula is C20H21Cl2NO4. The van der Waals surface area contributed by atoms with Crippen LogP contribution in [-0.4, -0.2) is 24.6 Å². The SMILES string of the molecule is CC(C)COc1cccc(C(=O)O[C@@H](C)C(=O)Nc2c(Cl)cccc2Cl)c1. The Morgan fingerprint density at radius 2 is 1.67 bits per heavy atom. The van der Waals surface area contributed by atoms with E-state index < -0.39 is 18.0 Å². The molecule has 0 aliphatic rings. The number of hydrogen-bond donors (Lipinski definition) is 1. The van der Waals surface area contributed by atoms with Gasteiger partial charge in [0.05, 0.1) is 27.9 Å². The summed E-state index contributed by atoms with van der Waals surface area (Å²) < 4.78 is 10.8. The number of nitrogens with one attached hydrogen (secondary N) is 1. The minimum absolute atomic E-state index is 0.276. The Bertz CT molecular complexity index is 803. The normalized spacial score (nSPS) is 11.8. The average Bonchev–Trinajstić information content (AvgIpc) is 2.63. The molecule has 0 heterocycles. The van der Waals surface area contributed by atoms with E-state index in [1.807, 2.05) is 13.8 Å². The summed E-state index contributed by atoms with van der Waals surface area (Å²) in [5, 5.41) is 3.17. The van der Waals surface area contributed by atoms with Crippen LogP contribution in [0, 0.1) is 5.92 Å². The first kappa shape index (κ1) is 21.1. The highest BCUT2D eigenvalue weighted by Gasteiger charge is 2.21. The Hall–Kier alpha value is -2.24. The van der Waals surface area contributed by atoms with Crippen molar-refractivity contribution in [2.75, 3.05) is 11.9 Å². The topological polar surface area (TPSA) is 64.6 Å². The maximum absolute atomic E-state index is 12.3. The molecule has 0 aliphatic heterocycles. The van der Waals surface area contributed by atoms with E-state index in [-0.39, 0.29) is 5.69 Å². The molecule has 27 heavy (non-hydrogen) atoms. The molecule has 7 heteroatoms. The third-order valence-electron chi connectivity index (χ3n) is 3.52. The molecule has 1 N–H and O–H groups in total. The largest absolute Gasteiger partial charge is 0.493 e. The van der Waals surface area contributed by atoms with Crippen LogP contribution in [0.4, 0.5) is 5.69 Å². The number of hydrogen-bond acceptors (Lipinski definition) is 4. The molecule has 144 valence electrons. The number of rotatable bonds is 7. The van der Waals surface area contributed by atoms with Crippen molar-refractivity contribution >= 4 is 40.8 Å². The fourth-order valence-corrected chi connectivity index (χ4v) is 2.59. The highest BCUT2D eigenvalue weighted by atomic mass is 35.5. The molecule has 2 aromatic rings. The highest BCUT2D eigenvalue weighted by Crippen LogP contribution is 2.30. The van der Waals surface area contributed by atoms with Crippen LogP contribution >= 0.6 is 23.2 Å². The Kier molecular flexibility index (Phi) is 7.51. The van der Waals surface area contributed by atoms with Gasteiger partial charge in [-0.15, -0.1) is 0 Å². The zero-order valence-corrected chi connectivity index (χ0v) is 16.8. The van der Waals surface area contributed by atoms with Crippen LogP contribution in [0.15, 0.2) is 42.5 Å². The summed E-state index contributed by atoms with van der Waals surface area (Å²) in [5.41, 5.74) is 0.574. The lowest BCUT2D eigenvalue weighted by Crippen LogP contribution is -2.30. The maximum Gasteiger partial charge on any atom is 0.339 e. The van der Waals surface area contributed by atoms with Gasteiger partial charge in [-0.1, -0.05) is 49.2 Å². The summed E-state index contributed by atoms with van der Waals surface area (Å²) in [7, 11) is 0. The third kappa shape index (κ3) is 6.15. The van der Waals surface area contributed by atoms with Gasteiger partial charge in [0.2, 0.25) is 0 Å². The number of ether oxygens (including phenoxy) is 2. The van der Waals surface area contributed by atoms with Gasteiger partial charge in [-0.05, 0) is 43.2 Å². The first-order valence-electron chi connectivity index (χ1n) is 8.46. The summed E-state index contributed by atoms with van der Waals surface area (Å²) in [6, 6.07) is 11.5. The van der Waals surface area contributed by atoms with Crippen molar-refractivity contribution in [2.45, 2.75) is 26.9 Å². The summed E-state index contributed by atoms with van der Waals surface area (Å²) in [4.78, 5) is 24.6.